The van der Waals surface area contributed by atoms with Crippen LogP contribution in [0.25, 0.3) is 0 Å². The molecule has 2 rings (SSSR count). The van der Waals surface area contributed by atoms with E-state index in [0.29, 0.717) is 54.2 Å². The third-order valence-corrected chi connectivity index (χ3v) is 3.50. The summed E-state index contributed by atoms with van der Waals surface area (Å²) in [4.78, 5) is 12.5. The largest absolute Gasteiger partial charge is 0.493 e. The van der Waals surface area contributed by atoms with Crippen LogP contribution in [-0.2, 0) is 0 Å². The van der Waals surface area contributed by atoms with Crippen molar-refractivity contribution in [3.05, 3.63) is 48.0 Å². The van der Waals surface area contributed by atoms with Gasteiger partial charge in [-0.1, -0.05) is 13.8 Å². The number of hydrogen-bond acceptors (Lipinski definition) is 5. The van der Waals surface area contributed by atoms with Gasteiger partial charge in [0.25, 0.3) is 5.91 Å². The molecule has 0 spiro atoms. The molecule has 0 radical (unpaired) electrons. The fourth-order valence-electron chi connectivity index (χ4n) is 2.20. The molecule has 0 aliphatic carbocycles. The molecule has 2 aromatic rings. The fourth-order valence-corrected chi connectivity index (χ4v) is 2.20. The maximum atomic E-state index is 12.5. The summed E-state index contributed by atoms with van der Waals surface area (Å²) in [6.07, 6.45) is 0. The standard InChI is InChI=1S/C20H26N2O4.ClH/c1-14(2)13-26-18-9-4-15(12-19(18)24-3)20(23)22-16-5-7-17(8-6-16)25-11-10-21;/h4-9,12,14H,10-11,13,21H2,1-3H3,(H,22,23);1H. The van der Waals surface area contributed by atoms with Crippen LogP contribution >= 0.6 is 12.4 Å². The van der Waals surface area contributed by atoms with Crippen LogP contribution in [0.1, 0.15) is 24.2 Å². The zero-order valence-corrected chi connectivity index (χ0v) is 16.7. The molecule has 2 aromatic carbocycles. The number of carbonyl (C=O) groups excluding carboxylic acids is 1. The normalized spacial score (nSPS) is 10.1. The van der Waals surface area contributed by atoms with Gasteiger partial charge in [-0.15, -0.1) is 12.4 Å². The second-order valence-corrected chi connectivity index (χ2v) is 6.19. The van der Waals surface area contributed by atoms with Gasteiger partial charge in [-0.2, -0.15) is 0 Å². The topological polar surface area (TPSA) is 82.8 Å². The lowest BCUT2D eigenvalue weighted by molar-refractivity contribution is 0.102. The lowest BCUT2D eigenvalue weighted by atomic mass is 10.1. The van der Waals surface area contributed by atoms with E-state index in [1.54, 1.807) is 49.6 Å². The van der Waals surface area contributed by atoms with Crippen LogP contribution in [0.3, 0.4) is 0 Å². The van der Waals surface area contributed by atoms with E-state index in [9.17, 15) is 4.79 Å². The van der Waals surface area contributed by atoms with Crippen molar-refractivity contribution in [1.29, 1.82) is 0 Å². The number of methoxy groups -OCH3 is 1. The molecule has 27 heavy (non-hydrogen) atoms. The van der Waals surface area contributed by atoms with Gasteiger partial charge >= 0.3 is 0 Å². The predicted octanol–water partition coefficient (Wildman–Crippen LogP) is 3.74. The van der Waals surface area contributed by atoms with E-state index in [-0.39, 0.29) is 18.3 Å². The molecule has 3 N–H and O–H groups in total. The van der Waals surface area contributed by atoms with E-state index in [1.165, 1.54) is 0 Å². The average molecular weight is 395 g/mol. The summed E-state index contributed by atoms with van der Waals surface area (Å²) in [7, 11) is 1.55. The zero-order chi connectivity index (χ0) is 18.9. The Bertz CT molecular complexity index is 720. The summed E-state index contributed by atoms with van der Waals surface area (Å²) in [6, 6.07) is 12.3. The number of amides is 1. The van der Waals surface area contributed by atoms with Gasteiger partial charge in [-0.3, -0.25) is 4.79 Å². The SMILES string of the molecule is COc1cc(C(=O)Nc2ccc(OCCN)cc2)ccc1OCC(C)C.Cl. The third-order valence-electron chi connectivity index (χ3n) is 3.50. The van der Waals surface area contributed by atoms with Crippen molar-refractivity contribution in [3.8, 4) is 17.2 Å². The molecule has 0 saturated heterocycles. The van der Waals surface area contributed by atoms with E-state index in [4.69, 9.17) is 19.9 Å². The van der Waals surface area contributed by atoms with Crippen LogP contribution in [-0.4, -0.2) is 32.8 Å². The monoisotopic (exact) mass is 394 g/mol. The molecule has 1 amide bonds. The minimum atomic E-state index is -0.227. The third kappa shape index (κ3) is 7.00. The number of halogens is 1. The van der Waals surface area contributed by atoms with Crippen LogP contribution in [0.15, 0.2) is 42.5 Å². The lowest BCUT2D eigenvalue weighted by Crippen LogP contribution is -2.13. The van der Waals surface area contributed by atoms with Gasteiger partial charge in [0.2, 0.25) is 0 Å². The van der Waals surface area contributed by atoms with Crippen molar-refractivity contribution < 1.29 is 19.0 Å². The molecule has 7 heteroatoms. The Hall–Kier alpha value is -2.44. The lowest BCUT2D eigenvalue weighted by Gasteiger charge is -2.13. The van der Waals surface area contributed by atoms with Gasteiger partial charge in [0, 0.05) is 17.8 Å². The van der Waals surface area contributed by atoms with E-state index in [0.717, 1.165) is 0 Å². The van der Waals surface area contributed by atoms with Gasteiger partial charge < -0.3 is 25.3 Å². The first kappa shape index (κ1) is 22.6. The van der Waals surface area contributed by atoms with Crippen molar-refractivity contribution in [2.24, 2.45) is 11.7 Å². The van der Waals surface area contributed by atoms with Crippen LogP contribution in [0.5, 0.6) is 17.2 Å². The minimum Gasteiger partial charge on any atom is -0.493 e. The summed E-state index contributed by atoms with van der Waals surface area (Å²) >= 11 is 0. The molecule has 0 heterocycles. The number of nitrogens with one attached hydrogen (secondary N) is 1. The van der Waals surface area contributed by atoms with Crippen LogP contribution < -0.4 is 25.3 Å². The van der Waals surface area contributed by atoms with Crippen molar-refractivity contribution in [1.82, 2.24) is 0 Å². The maximum absolute atomic E-state index is 12.5. The molecule has 0 fully saturated rings. The van der Waals surface area contributed by atoms with Gasteiger partial charge in [0.15, 0.2) is 11.5 Å². The van der Waals surface area contributed by atoms with Crippen molar-refractivity contribution >= 4 is 24.0 Å². The Kier molecular flexibility index (Phi) is 9.47. The number of benzene rings is 2. The van der Waals surface area contributed by atoms with Crippen LogP contribution in [0, 0.1) is 5.92 Å². The Morgan fingerprint density at radius 3 is 2.37 bits per heavy atom. The maximum Gasteiger partial charge on any atom is 0.255 e. The molecular weight excluding hydrogens is 368 g/mol. The van der Waals surface area contributed by atoms with Gasteiger partial charge in [0.1, 0.15) is 12.4 Å². The smallest absolute Gasteiger partial charge is 0.255 e. The van der Waals surface area contributed by atoms with E-state index in [2.05, 4.69) is 19.2 Å². The van der Waals surface area contributed by atoms with E-state index in [1.807, 2.05) is 0 Å². The number of hydrogen-bond donors (Lipinski definition) is 2. The second-order valence-electron chi connectivity index (χ2n) is 6.19. The highest BCUT2D eigenvalue weighted by molar-refractivity contribution is 6.04. The predicted molar refractivity (Wildman–Crippen MR) is 110 cm³/mol. The number of nitrogens with two attached hydrogens (primary N) is 1. The summed E-state index contributed by atoms with van der Waals surface area (Å²) < 4.78 is 16.5. The first-order valence-electron chi connectivity index (χ1n) is 8.58. The average Bonchev–Trinajstić information content (AvgIpc) is 2.65. The molecule has 148 valence electrons. The Morgan fingerprint density at radius 2 is 1.78 bits per heavy atom. The number of rotatable bonds is 9. The van der Waals surface area contributed by atoms with Crippen molar-refractivity contribution in [3.63, 3.8) is 0 Å². The van der Waals surface area contributed by atoms with Gasteiger partial charge in [0.05, 0.1) is 13.7 Å². The Morgan fingerprint density at radius 1 is 1.07 bits per heavy atom. The molecule has 0 saturated carbocycles. The fraction of sp³-hybridized carbons (Fsp3) is 0.350. The molecule has 6 nitrogen and oxygen atoms in total. The summed E-state index contributed by atoms with van der Waals surface area (Å²) in [5.74, 6) is 2.04. The minimum absolute atomic E-state index is 0. The zero-order valence-electron chi connectivity index (χ0n) is 15.9. The van der Waals surface area contributed by atoms with Gasteiger partial charge in [-0.25, -0.2) is 0 Å². The number of ether oxygens (including phenoxy) is 3. The van der Waals surface area contributed by atoms with E-state index < -0.39 is 0 Å². The molecule has 0 bridgehead atoms. The molecule has 0 aliphatic rings. The Labute approximate surface area is 166 Å². The molecule has 0 aromatic heterocycles. The first-order chi connectivity index (χ1) is 12.5. The first-order valence-corrected chi connectivity index (χ1v) is 8.58. The Balaban J connectivity index is 0.00000364. The molecule has 0 aliphatic heterocycles. The van der Waals surface area contributed by atoms with E-state index >= 15 is 0 Å². The van der Waals surface area contributed by atoms with Crippen molar-refractivity contribution in [2.45, 2.75) is 13.8 Å². The van der Waals surface area contributed by atoms with Crippen LogP contribution in [0.2, 0.25) is 0 Å². The quantitative estimate of drug-likeness (QED) is 0.676. The highest BCUT2D eigenvalue weighted by Gasteiger charge is 2.12. The molecule has 0 unspecified atom stereocenters. The number of anilines is 1. The molecule has 0 atom stereocenters. The highest BCUT2D eigenvalue weighted by atomic mass is 35.5. The van der Waals surface area contributed by atoms with Crippen LogP contribution in [0.4, 0.5) is 5.69 Å². The number of carbonyl (C=O) groups is 1. The summed E-state index contributed by atoms with van der Waals surface area (Å²) in [6.45, 7) is 5.63. The summed E-state index contributed by atoms with van der Waals surface area (Å²) in [5.41, 5.74) is 6.57. The van der Waals surface area contributed by atoms with Crippen molar-refractivity contribution in [2.75, 3.05) is 32.2 Å². The second kappa shape index (κ2) is 11.3. The van der Waals surface area contributed by atoms with Gasteiger partial charge in [-0.05, 0) is 48.4 Å². The molecular formula is C20H27ClN2O4. The summed E-state index contributed by atoms with van der Waals surface area (Å²) in [5, 5.41) is 2.85. The highest BCUT2D eigenvalue weighted by Crippen LogP contribution is 2.29.